The molecule has 0 aromatic heterocycles. The third kappa shape index (κ3) is 3.20. The third-order valence-electron chi connectivity index (χ3n) is 3.77. The highest BCUT2D eigenvalue weighted by Crippen LogP contribution is 2.32. The summed E-state index contributed by atoms with van der Waals surface area (Å²) in [4.78, 5) is 2.36. The van der Waals surface area contributed by atoms with Crippen LogP contribution < -0.4 is 0 Å². The Labute approximate surface area is 99.1 Å². The van der Waals surface area contributed by atoms with Gasteiger partial charge in [-0.1, -0.05) is 20.3 Å². The van der Waals surface area contributed by atoms with Crippen LogP contribution in [-0.2, 0) is 0 Å². The minimum atomic E-state index is -0.741. The molecule has 0 amide bonds. The zero-order valence-corrected chi connectivity index (χ0v) is 10.6. The van der Waals surface area contributed by atoms with Crippen molar-refractivity contribution in [1.82, 2.24) is 4.90 Å². The Hall–Kier alpha value is -0.590. The van der Waals surface area contributed by atoms with Gasteiger partial charge in [0.2, 0.25) is 0 Å². The topological polar surface area (TPSA) is 47.3 Å². The molecule has 1 aliphatic rings. The van der Waals surface area contributed by atoms with Gasteiger partial charge in [-0.05, 0) is 38.8 Å². The van der Waals surface area contributed by atoms with E-state index in [4.69, 9.17) is 5.26 Å². The molecule has 2 unspecified atom stereocenters. The van der Waals surface area contributed by atoms with Crippen LogP contribution in [0.2, 0.25) is 0 Å². The highest BCUT2D eigenvalue weighted by molar-refractivity contribution is 4.99. The molecule has 0 spiro atoms. The van der Waals surface area contributed by atoms with Crippen molar-refractivity contribution in [2.45, 2.75) is 51.6 Å². The standard InChI is InChI=1S/C13H24N2O/c1-3-6-12(11-14)13(16)7-5-9-15(4-2)10-8-13/h12,16H,3-10H2,1-2H3. The molecule has 3 nitrogen and oxygen atoms in total. The highest BCUT2D eigenvalue weighted by Gasteiger charge is 2.37. The van der Waals surface area contributed by atoms with E-state index in [1.54, 1.807) is 0 Å². The van der Waals surface area contributed by atoms with E-state index in [2.05, 4.69) is 24.8 Å². The molecule has 16 heavy (non-hydrogen) atoms. The maximum atomic E-state index is 10.6. The van der Waals surface area contributed by atoms with Gasteiger partial charge in [0.25, 0.3) is 0 Å². The Bertz CT molecular complexity index is 249. The van der Waals surface area contributed by atoms with Gasteiger partial charge in [-0.3, -0.25) is 0 Å². The molecule has 1 fully saturated rings. The Kier molecular flexibility index (Phi) is 5.24. The molecule has 3 heteroatoms. The maximum absolute atomic E-state index is 10.6. The molecule has 0 aromatic carbocycles. The van der Waals surface area contributed by atoms with Crippen LogP contribution in [0.3, 0.4) is 0 Å². The van der Waals surface area contributed by atoms with Gasteiger partial charge in [0, 0.05) is 6.54 Å². The maximum Gasteiger partial charge on any atom is 0.0817 e. The van der Waals surface area contributed by atoms with E-state index in [-0.39, 0.29) is 5.92 Å². The molecule has 1 rings (SSSR count). The first-order valence-corrected chi connectivity index (χ1v) is 6.50. The first kappa shape index (κ1) is 13.5. The van der Waals surface area contributed by atoms with E-state index in [0.717, 1.165) is 51.7 Å². The minimum Gasteiger partial charge on any atom is -0.388 e. The molecule has 2 atom stereocenters. The summed E-state index contributed by atoms with van der Waals surface area (Å²) in [6.07, 6.45) is 4.32. The van der Waals surface area contributed by atoms with E-state index in [9.17, 15) is 5.11 Å². The van der Waals surface area contributed by atoms with Crippen LogP contribution in [0.25, 0.3) is 0 Å². The van der Waals surface area contributed by atoms with Crippen molar-refractivity contribution in [3.8, 4) is 6.07 Å². The lowest BCUT2D eigenvalue weighted by atomic mass is 9.80. The van der Waals surface area contributed by atoms with Crippen molar-refractivity contribution in [3.63, 3.8) is 0 Å². The predicted molar refractivity (Wildman–Crippen MR) is 64.9 cm³/mol. The number of nitriles is 1. The average Bonchev–Trinajstić information content (AvgIpc) is 2.48. The summed E-state index contributed by atoms with van der Waals surface area (Å²) in [5, 5.41) is 19.8. The van der Waals surface area contributed by atoms with Crippen LogP contribution in [0, 0.1) is 17.2 Å². The van der Waals surface area contributed by atoms with Gasteiger partial charge < -0.3 is 10.0 Å². The summed E-state index contributed by atoms with van der Waals surface area (Å²) in [6, 6.07) is 2.31. The van der Waals surface area contributed by atoms with Crippen LogP contribution in [0.5, 0.6) is 0 Å². The molecule has 1 saturated heterocycles. The van der Waals surface area contributed by atoms with Gasteiger partial charge in [-0.2, -0.15) is 5.26 Å². The van der Waals surface area contributed by atoms with Crippen molar-refractivity contribution in [2.24, 2.45) is 5.92 Å². The van der Waals surface area contributed by atoms with Gasteiger partial charge >= 0.3 is 0 Å². The second-order valence-corrected chi connectivity index (χ2v) is 4.86. The predicted octanol–water partition coefficient (Wildman–Crippen LogP) is 2.16. The molecule has 92 valence electrons. The molecule has 0 bridgehead atoms. The molecule has 1 N–H and O–H groups in total. The number of aliphatic hydroxyl groups is 1. The highest BCUT2D eigenvalue weighted by atomic mass is 16.3. The first-order valence-electron chi connectivity index (χ1n) is 6.50. The number of hydrogen-bond acceptors (Lipinski definition) is 3. The van der Waals surface area contributed by atoms with Gasteiger partial charge in [0.1, 0.15) is 0 Å². The summed E-state index contributed by atoms with van der Waals surface area (Å²) in [5.41, 5.74) is -0.741. The number of rotatable bonds is 4. The summed E-state index contributed by atoms with van der Waals surface area (Å²) in [5.74, 6) is -0.186. The molecular formula is C13H24N2O. The number of nitrogens with zero attached hydrogens (tertiary/aromatic N) is 2. The van der Waals surface area contributed by atoms with Crippen molar-refractivity contribution in [2.75, 3.05) is 19.6 Å². The molecule has 1 aliphatic heterocycles. The average molecular weight is 224 g/mol. The molecular weight excluding hydrogens is 200 g/mol. The SMILES string of the molecule is CCCC(C#N)C1(O)CCCN(CC)CC1. The lowest BCUT2D eigenvalue weighted by Gasteiger charge is -2.31. The quantitative estimate of drug-likeness (QED) is 0.796. The van der Waals surface area contributed by atoms with E-state index in [0.29, 0.717) is 0 Å². The summed E-state index contributed by atoms with van der Waals surface area (Å²) >= 11 is 0. The lowest BCUT2D eigenvalue weighted by molar-refractivity contribution is -0.0141. The van der Waals surface area contributed by atoms with Crippen molar-refractivity contribution in [3.05, 3.63) is 0 Å². The van der Waals surface area contributed by atoms with E-state index >= 15 is 0 Å². The van der Waals surface area contributed by atoms with Crippen LogP contribution in [0.1, 0.15) is 46.0 Å². The number of hydrogen-bond donors (Lipinski definition) is 1. The summed E-state index contributed by atoms with van der Waals surface area (Å²) < 4.78 is 0. The Morgan fingerprint density at radius 3 is 2.69 bits per heavy atom. The fraction of sp³-hybridized carbons (Fsp3) is 0.923. The Balaban J connectivity index is 2.65. The molecule has 0 aromatic rings. The van der Waals surface area contributed by atoms with Crippen molar-refractivity contribution >= 4 is 0 Å². The summed E-state index contributed by atoms with van der Waals surface area (Å²) in [6.45, 7) is 7.25. The van der Waals surface area contributed by atoms with E-state index in [1.165, 1.54) is 0 Å². The molecule has 1 heterocycles. The minimum absolute atomic E-state index is 0.186. The fourth-order valence-electron chi connectivity index (χ4n) is 2.60. The smallest absolute Gasteiger partial charge is 0.0817 e. The van der Waals surface area contributed by atoms with Gasteiger partial charge in [0.05, 0.1) is 17.6 Å². The fourth-order valence-corrected chi connectivity index (χ4v) is 2.60. The lowest BCUT2D eigenvalue weighted by Crippen LogP contribution is -2.38. The second kappa shape index (κ2) is 6.22. The van der Waals surface area contributed by atoms with Gasteiger partial charge in [-0.15, -0.1) is 0 Å². The third-order valence-corrected chi connectivity index (χ3v) is 3.77. The zero-order chi connectivity index (χ0) is 12.0. The number of likely N-dealkylation sites (tertiary alicyclic amines) is 1. The monoisotopic (exact) mass is 224 g/mol. The molecule has 0 radical (unpaired) electrons. The van der Waals surface area contributed by atoms with Crippen LogP contribution >= 0.6 is 0 Å². The summed E-state index contributed by atoms with van der Waals surface area (Å²) in [7, 11) is 0. The van der Waals surface area contributed by atoms with Crippen LogP contribution in [0.4, 0.5) is 0 Å². The Morgan fingerprint density at radius 1 is 1.38 bits per heavy atom. The zero-order valence-electron chi connectivity index (χ0n) is 10.6. The van der Waals surface area contributed by atoms with Crippen molar-refractivity contribution < 1.29 is 5.11 Å². The largest absolute Gasteiger partial charge is 0.388 e. The normalized spacial score (nSPS) is 29.4. The van der Waals surface area contributed by atoms with E-state index < -0.39 is 5.60 Å². The van der Waals surface area contributed by atoms with Crippen LogP contribution in [-0.4, -0.2) is 35.2 Å². The van der Waals surface area contributed by atoms with Crippen molar-refractivity contribution in [1.29, 1.82) is 5.26 Å². The molecule has 0 saturated carbocycles. The van der Waals surface area contributed by atoms with E-state index in [1.807, 2.05) is 0 Å². The van der Waals surface area contributed by atoms with Gasteiger partial charge in [0.15, 0.2) is 0 Å². The molecule has 0 aliphatic carbocycles. The van der Waals surface area contributed by atoms with Gasteiger partial charge in [-0.25, -0.2) is 0 Å². The second-order valence-electron chi connectivity index (χ2n) is 4.86. The van der Waals surface area contributed by atoms with Crippen LogP contribution in [0.15, 0.2) is 0 Å². The Morgan fingerprint density at radius 2 is 2.12 bits per heavy atom. The first-order chi connectivity index (χ1) is 7.66.